The first-order valence-electron chi connectivity index (χ1n) is 4.69. The van der Waals surface area contributed by atoms with Crippen molar-refractivity contribution < 1.29 is 0 Å². The molecule has 15 heavy (non-hydrogen) atoms. The summed E-state index contributed by atoms with van der Waals surface area (Å²) in [4.78, 5) is 1.24. The van der Waals surface area contributed by atoms with Crippen LogP contribution in [0, 0.1) is 0 Å². The maximum atomic E-state index is 5.19. The molecule has 0 bridgehead atoms. The molecule has 1 aromatic rings. The summed E-state index contributed by atoms with van der Waals surface area (Å²) in [6, 6.07) is 10.2. The van der Waals surface area contributed by atoms with Crippen LogP contribution in [0.2, 0.25) is 0 Å². The van der Waals surface area contributed by atoms with Gasteiger partial charge in [-0.2, -0.15) is 0 Å². The van der Waals surface area contributed by atoms with Gasteiger partial charge in [0, 0.05) is 10.6 Å². The molecule has 0 saturated carbocycles. The fourth-order valence-corrected chi connectivity index (χ4v) is 2.52. The van der Waals surface area contributed by atoms with E-state index in [-0.39, 0.29) is 0 Å². The van der Waals surface area contributed by atoms with E-state index in [0.717, 1.165) is 10.0 Å². The molecule has 0 unspecified atom stereocenters. The monoisotopic (exact) mass is 236 g/mol. The van der Waals surface area contributed by atoms with Gasteiger partial charge in [-0.1, -0.05) is 42.2 Å². The van der Waals surface area contributed by atoms with E-state index in [4.69, 9.17) is 12.2 Å². The number of thiocarbonyl (C=S) groups is 1. The first-order valence-corrected chi connectivity index (χ1v) is 5.92. The predicted octanol–water partition coefficient (Wildman–Crippen LogP) is 3.28. The Kier molecular flexibility index (Phi) is 2.98. The van der Waals surface area contributed by atoms with Crippen molar-refractivity contribution >= 4 is 34.0 Å². The number of anilines is 1. The number of rotatable bonds is 1. The van der Waals surface area contributed by atoms with Crippen LogP contribution in [0.15, 0.2) is 40.9 Å². The second-order valence-electron chi connectivity index (χ2n) is 3.31. The number of hydrogen-bond acceptors (Lipinski definition) is 3. The highest BCUT2D eigenvalue weighted by Gasteiger charge is 2.18. The van der Waals surface area contributed by atoms with Crippen molar-refractivity contribution in [2.75, 3.05) is 5.01 Å². The van der Waals surface area contributed by atoms with Gasteiger partial charge in [0.2, 0.25) is 0 Å². The molecule has 78 valence electrons. The normalized spacial score (nSPS) is 16.7. The van der Waals surface area contributed by atoms with E-state index >= 15 is 0 Å². The van der Waals surface area contributed by atoms with Gasteiger partial charge in [0.15, 0.2) is 4.32 Å². The van der Waals surface area contributed by atoms with Crippen molar-refractivity contribution in [3.8, 4) is 0 Å². The fourth-order valence-electron chi connectivity index (χ4n) is 1.40. The molecule has 0 spiro atoms. The number of para-hydroxylation sites is 1. The van der Waals surface area contributed by atoms with Gasteiger partial charge >= 0.3 is 0 Å². The van der Waals surface area contributed by atoms with Gasteiger partial charge in [-0.25, -0.2) is 0 Å². The summed E-state index contributed by atoms with van der Waals surface area (Å²) in [6.45, 7) is 4.17. The Labute approximate surface area is 99.3 Å². The highest BCUT2D eigenvalue weighted by molar-refractivity contribution is 8.25. The Morgan fingerprint density at radius 1 is 1.20 bits per heavy atom. The smallest absolute Gasteiger partial charge is 0.157 e. The maximum absolute atomic E-state index is 5.19. The second-order valence-corrected chi connectivity index (χ2v) is 5.21. The SMILES string of the molecule is CC1=C(C)N(c2ccccc2)NC(=S)S1. The molecule has 0 aliphatic carbocycles. The summed E-state index contributed by atoms with van der Waals surface area (Å²) in [5.74, 6) is 0. The molecule has 1 aliphatic rings. The molecular weight excluding hydrogens is 224 g/mol. The minimum absolute atomic E-state index is 0.793. The van der Waals surface area contributed by atoms with Gasteiger partial charge in [-0.15, -0.1) is 0 Å². The van der Waals surface area contributed by atoms with Gasteiger partial charge in [0.05, 0.1) is 5.69 Å². The number of thioether (sulfide) groups is 1. The van der Waals surface area contributed by atoms with Crippen LogP contribution < -0.4 is 10.4 Å². The number of hydrazine groups is 1. The summed E-state index contributed by atoms with van der Waals surface area (Å²) >= 11 is 6.79. The second kappa shape index (κ2) is 4.24. The van der Waals surface area contributed by atoms with Crippen molar-refractivity contribution in [3.63, 3.8) is 0 Å². The zero-order chi connectivity index (χ0) is 10.8. The van der Waals surface area contributed by atoms with Crippen LogP contribution in [0.3, 0.4) is 0 Å². The topological polar surface area (TPSA) is 15.3 Å². The van der Waals surface area contributed by atoms with Gasteiger partial charge in [0.1, 0.15) is 0 Å². The van der Waals surface area contributed by atoms with Gasteiger partial charge in [-0.05, 0) is 26.0 Å². The molecule has 1 aromatic carbocycles. The summed E-state index contributed by atoms with van der Waals surface area (Å²) in [5.41, 5.74) is 5.49. The first-order chi connectivity index (χ1) is 7.18. The molecule has 1 heterocycles. The number of hydrogen-bond donors (Lipinski definition) is 1. The molecule has 4 heteroatoms. The van der Waals surface area contributed by atoms with Gasteiger partial charge in [-0.3, -0.25) is 10.4 Å². The Bertz CT molecular complexity index is 412. The quantitative estimate of drug-likeness (QED) is 0.752. The van der Waals surface area contributed by atoms with Crippen molar-refractivity contribution in [1.29, 1.82) is 0 Å². The van der Waals surface area contributed by atoms with Crippen LogP contribution in [0.4, 0.5) is 5.69 Å². The van der Waals surface area contributed by atoms with Crippen LogP contribution >= 0.6 is 24.0 Å². The number of nitrogens with one attached hydrogen (secondary N) is 1. The van der Waals surface area contributed by atoms with Crippen molar-refractivity contribution in [2.45, 2.75) is 13.8 Å². The molecule has 1 N–H and O–H groups in total. The third-order valence-electron chi connectivity index (χ3n) is 2.31. The zero-order valence-corrected chi connectivity index (χ0v) is 10.3. The summed E-state index contributed by atoms with van der Waals surface area (Å²) in [7, 11) is 0. The summed E-state index contributed by atoms with van der Waals surface area (Å²) in [6.07, 6.45) is 0. The highest BCUT2D eigenvalue weighted by atomic mass is 32.2. The average Bonchev–Trinajstić information content (AvgIpc) is 2.24. The van der Waals surface area contributed by atoms with E-state index in [1.165, 1.54) is 10.6 Å². The number of benzene rings is 1. The average molecular weight is 236 g/mol. The standard InChI is InChI=1S/C11H12N2S2/c1-8-9(2)15-11(14)12-13(8)10-6-4-3-5-7-10/h3-7H,1-2H3,(H,12,14). The third kappa shape index (κ3) is 2.16. The van der Waals surface area contributed by atoms with Crippen LogP contribution in [0.25, 0.3) is 0 Å². The van der Waals surface area contributed by atoms with Gasteiger partial charge in [0.25, 0.3) is 0 Å². The van der Waals surface area contributed by atoms with Crippen molar-refractivity contribution in [2.24, 2.45) is 0 Å². The van der Waals surface area contributed by atoms with E-state index in [1.807, 2.05) is 23.2 Å². The largest absolute Gasteiger partial charge is 0.278 e. The number of nitrogens with zero attached hydrogens (tertiary/aromatic N) is 1. The molecule has 0 amide bonds. The van der Waals surface area contributed by atoms with E-state index in [9.17, 15) is 0 Å². The lowest BCUT2D eigenvalue weighted by Crippen LogP contribution is -2.42. The Morgan fingerprint density at radius 2 is 1.87 bits per heavy atom. The molecule has 0 saturated heterocycles. The molecule has 0 fully saturated rings. The van der Waals surface area contributed by atoms with Gasteiger partial charge < -0.3 is 0 Å². The van der Waals surface area contributed by atoms with Crippen LogP contribution in [0.1, 0.15) is 13.8 Å². The molecule has 2 nitrogen and oxygen atoms in total. The third-order valence-corrected chi connectivity index (χ3v) is 3.53. The Balaban J connectivity index is 2.37. The van der Waals surface area contributed by atoms with Crippen LogP contribution in [-0.2, 0) is 0 Å². The zero-order valence-electron chi connectivity index (χ0n) is 8.65. The molecule has 0 radical (unpaired) electrons. The molecule has 0 atom stereocenters. The van der Waals surface area contributed by atoms with Crippen molar-refractivity contribution in [1.82, 2.24) is 5.43 Å². The number of allylic oxidation sites excluding steroid dienone is 2. The molecule has 0 aromatic heterocycles. The lowest BCUT2D eigenvalue weighted by Gasteiger charge is -2.32. The predicted molar refractivity (Wildman–Crippen MR) is 70.6 cm³/mol. The molecule has 2 rings (SSSR count). The highest BCUT2D eigenvalue weighted by Crippen LogP contribution is 2.29. The Hall–Kier alpha value is -1.00. The van der Waals surface area contributed by atoms with E-state index in [0.29, 0.717) is 0 Å². The van der Waals surface area contributed by atoms with E-state index in [1.54, 1.807) is 11.8 Å². The van der Waals surface area contributed by atoms with Crippen LogP contribution in [0.5, 0.6) is 0 Å². The first kappa shape index (κ1) is 10.5. The molecule has 1 aliphatic heterocycles. The fraction of sp³-hybridized carbons (Fsp3) is 0.182. The minimum Gasteiger partial charge on any atom is -0.278 e. The minimum atomic E-state index is 0.793. The van der Waals surface area contributed by atoms with Crippen molar-refractivity contribution in [3.05, 3.63) is 40.9 Å². The van der Waals surface area contributed by atoms with Crippen LogP contribution in [-0.4, -0.2) is 4.32 Å². The molecular formula is C11H12N2S2. The van der Waals surface area contributed by atoms with E-state index in [2.05, 4.69) is 31.4 Å². The summed E-state index contributed by atoms with van der Waals surface area (Å²) < 4.78 is 0.793. The van der Waals surface area contributed by atoms with E-state index < -0.39 is 0 Å². The lowest BCUT2D eigenvalue weighted by molar-refractivity contribution is 0.879. The maximum Gasteiger partial charge on any atom is 0.157 e. The Morgan fingerprint density at radius 3 is 2.53 bits per heavy atom. The summed E-state index contributed by atoms with van der Waals surface area (Å²) in [5, 5.41) is 2.02. The lowest BCUT2D eigenvalue weighted by atomic mass is 10.3.